The average Bonchev–Trinajstić information content (AvgIpc) is 2.53. The van der Waals surface area contributed by atoms with Crippen LogP contribution in [0.25, 0.3) is 0 Å². The number of hydrogen-bond acceptors (Lipinski definition) is 4. The zero-order valence-corrected chi connectivity index (χ0v) is 12.7. The molecule has 0 spiro atoms. The first-order valence-corrected chi connectivity index (χ1v) is 7.51. The van der Waals surface area contributed by atoms with Gasteiger partial charge in [-0.25, -0.2) is 0 Å². The van der Waals surface area contributed by atoms with E-state index in [1.165, 1.54) is 0 Å². The molecule has 2 unspecified atom stereocenters. The number of benzene rings is 1. The van der Waals surface area contributed by atoms with E-state index in [9.17, 15) is 4.79 Å². The molecule has 1 fully saturated rings. The second-order valence-electron chi connectivity index (χ2n) is 5.36. The lowest BCUT2D eigenvalue weighted by molar-refractivity contribution is -0.124. The lowest BCUT2D eigenvalue weighted by atomic mass is 10.0. The third kappa shape index (κ3) is 4.93. The second-order valence-corrected chi connectivity index (χ2v) is 5.36. The molecule has 1 aliphatic heterocycles. The Bertz CT molecular complexity index is 459. The number of piperidine rings is 1. The van der Waals surface area contributed by atoms with Gasteiger partial charge in [0.05, 0.1) is 19.7 Å². The van der Waals surface area contributed by atoms with E-state index in [1.54, 1.807) is 7.11 Å². The van der Waals surface area contributed by atoms with Crippen LogP contribution in [0.1, 0.15) is 26.2 Å². The summed E-state index contributed by atoms with van der Waals surface area (Å²) in [6.07, 6.45) is 3.08. The molecule has 0 bridgehead atoms. The molecule has 5 nitrogen and oxygen atoms in total. The molecule has 1 aromatic carbocycles. The van der Waals surface area contributed by atoms with Crippen molar-refractivity contribution in [3.05, 3.63) is 24.3 Å². The maximum atomic E-state index is 12.0. The van der Waals surface area contributed by atoms with Crippen LogP contribution in [0.2, 0.25) is 0 Å². The fourth-order valence-electron chi connectivity index (χ4n) is 2.39. The van der Waals surface area contributed by atoms with E-state index in [4.69, 9.17) is 9.47 Å². The molecule has 0 saturated carbocycles. The fraction of sp³-hybridized carbons (Fsp3) is 0.562. The van der Waals surface area contributed by atoms with E-state index in [0.717, 1.165) is 37.3 Å². The summed E-state index contributed by atoms with van der Waals surface area (Å²) in [5.74, 6) is 1.57. The van der Waals surface area contributed by atoms with Crippen molar-refractivity contribution in [2.45, 2.75) is 38.3 Å². The first-order chi connectivity index (χ1) is 10.2. The van der Waals surface area contributed by atoms with Gasteiger partial charge >= 0.3 is 0 Å². The largest absolute Gasteiger partial charge is 0.497 e. The minimum absolute atomic E-state index is 0.0530. The van der Waals surface area contributed by atoms with Crippen LogP contribution in [0.15, 0.2) is 24.3 Å². The third-order valence-electron chi connectivity index (χ3n) is 3.57. The number of carbonyl (C=O) groups excluding carboxylic acids is 1. The molecule has 1 saturated heterocycles. The molecule has 0 aromatic heterocycles. The highest BCUT2D eigenvalue weighted by Gasteiger charge is 2.20. The zero-order valence-electron chi connectivity index (χ0n) is 12.7. The number of nitrogens with one attached hydrogen (secondary N) is 2. The predicted octanol–water partition coefficient (Wildman–Crippen LogP) is 1.72. The van der Waals surface area contributed by atoms with Crippen molar-refractivity contribution < 1.29 is 14.3 Å². The van der Waals surface area contributed by atoms with Crippen LogP contribution in [-0.2, 0) is 4.79 Å². The van der Waals surface area contributed by atoms with Gasteiger partial charge in [0.15, 0.2) is 0 Å². The van der Waals surface area contributed by atoms with Gasteiger partial charge in [-0.05, 0) is 38.4 Å². The minimum atomic E-state index is -0.0929. The molecule has 5 heteroatoms. The zero-order chi connectivity index (χ0) is 15.1. The summed E-state index contributed by atoms with van der Waals surface area (Å²) in [4.78, 5) is 12.0. The Morgan fingerprint density at radius 2 is 2.24 bits per heavy atom. The van der Waals surface area contributed by atoms with Gasteiger partial charge in [-0.3, -0.25) is 4.79 Å². The van der Waals surface area contributed by atoms with Gasteiger partial charge in [-0.1, -0.05) is 12.5 Å². The molecule has 2 N–H and O–H groups in total. The van der Waals surface area contributed by atoms with Crippen LogP contribution in [0.5, 0.6) is 11.5 Å². The van der Waals surface area contributed by atoms with Crippen molar-refractivity contribution in [3.8, 4) is 11.5 Å². The van der Waals surface area contributed by atoms with E-state index in [2.05, 4.69) is 10.6 Å². The van der Waals surface area contributed by atoms with Gasteiger partial charge in [0, 0.05) is 6.07 Å². The topological polar surface area (TPSA) is 59.6 Å². The van der Waals surface area contributed by atoms with Gasteiger partial charge in [0.1, 0.15) is 17.6 Å². The molecule has 1 heterocycles. The Hall–Kier alpha value is -1.75. The summed E-state index contributed by atoms with van der Waals surface area (Å²) in [7, 11) is 1.62. The number of ether oxygens (including phenoxy) is 2. The minimum Gasteiger partial charge on any atom is -0.497 e. The molecule has 0 aliphatic carbocycles. The quantitative estimate of drug-likeness (QED) is 0.838. The van der Waals surface area contributed by atoms with Crippen LogP contribution >= 0.6 is 0 Å². The van der Waals surface area contributed by atoms with E-state index >= 15 is 0 Å². The second kappa shape index (κ2) is 7.88. The number of hydrogen-bond donors (Lipinski definition) is 2. The lowest BCUT2D eigenvalue weighted by Gasteiger charge is -2.23. The number of amides is 1. The predicted molar refractivity (Wildman–Crippen MR) is 81.7 cm³/mol. The average molecular weight is 292 g/mol. The normalized spacial score (nSPS) is 19.6. The van der Waals surface area contributed by atoms with Crippen molar-refractivity contribution in [2.75, 3.05) is 20.2 Å². The van der Waals surface area contributed by atoms with E-state index < -0.39 is 0 Å². The van der Waals surface area contributed by atoms with Gasteiger partial charge in [-0.2, -0.15) is 0 Å². The Balaban J connectivity index is 1.75. The van der Waals surface area contributed by atoms with Crippen molar-refractivity contribution in [1.29, 1.82) is 0 Å². The Kier molecular flexibility index (Phi) is 5.87. The molecule has 21 heavy (non-hydrogen) atoms. The van der Waals surface area contributed by atoms with Crippen LogP contribution in [0.4, 0.5) is 0 Å². The molecule has 1 amide bonds. The van der Waals surface area contributed by atoms with Gasteiger partial charge < -0.3 is 20.1 Å². The summed E-state index contributed by atoms with van der Waals surface area (Å²) in [6.45, 7) is 3.36. The highest BCUT2D eigenvalue weighted by Crippen LogP contribution is 2.19. The molecule has 0 radical (unpaired) electrons. The summed E-state index contributed by atoms with van der Waals surface area (Å²) in [5, 5.41) is 6.18. The summed E-state index contributed by atoms with van der Waals surface area (Å²) in [5.41, 5.74) is 0. The summed E-state index contributed by atoms with van der Waals surface area (Å²) in [6, 6.07) is 7.41. The molecular weight excluding hydrogens is 268 g/mol. The van der Waals surface area contributed by atoms with Gasteiger partial charge in [0.25, 0.3) is 0 Å². The maximum Gasteiger partial charge on any atom is 0.237 e. The van der Waals surface area contributed by atoms with Crippen LogP contribution in [-0.4, -0.2) is 38.3 Å². The smallest absolute Gasteiger partial charge is 0.237 e. The number of rotatable bonds is 6. The SMILES string of the molecule is COc1cccc(OC(C)CNC(=O)C2CCCCN2)c1. The van der Waals surface area contributed by atoms with E-state index in [0.29, 0.717) is 6.54 Å². The van der Waals surface area contributed by atoms with E-state index in [1.807, 2.05) is 31.2 Å². The van der Waals surface area contributed by atoms with Crippen molar-refractivity contribution in [3.63, 3.8) is 0 Å². The monoisotopic (exact) mass is 292 g/mol. The highest BCUT2D eigenvalue weighted by molar-refractivity contribution is 5.81. The molecule has 1 aromatic rings. The Morgan fingerprint density at radius 1 is 1.43 bits per heavy atom. The number of carbonyl (C=O) groups is 1. The van der Waals surface area contributed by atoms with Crippen LogP contribution in [0.3, 0.4) is 0 Å². The molecule has 116 valence electrons. The molecule has 2 rings (SSSR count). The third-order valence-corrected chi connectivity index (χ3v) is 3.57. The maximum absolute atomic E-state index is 12.0. The van der Waals surface area contributed by atoms with Crippen LogP contribution in [0, 0.1) is 0 Å². The molecular formula is C16H24N2O3. The first-order valence-electron chi connectivity index (χ1n) is 7.51. The van der Waals surface area contributed by atoms with Crippen LogP contribution < -0.4 is 20.1 Å². The molecule has 2 atom stereocenters. The summed E-state index contributed by atoms with van der Waals surface area (Å²) < 4.78 is 10.9. The highest BCUT2D eigenvalue weighted by atomic mass is 16.5. The van der Waals surface area contributed by atoms with Gasteiger partial charge in [0.2, 0.25) is 5.91 Å². The lowest BCUT2D eigenvalue weighted by Crippen LogP contribution is -2.48. The fourth-order valence-corrected chi connectivity index (χ4v) is 2.39. The van der Waals surface area contributed by atoms with Crippen molar-refractivity contribution in [2.24, 2.45) is 0 Å². The standard InChI is InChI=1S/C16H24N2O3/c1-12(21-14-7-5-6-13(10-14)20-2)11-18-16(19)15-8-3-4-9-17-15/h5-7,10,12,15,17H,3-4,8-9,11H2,1-2H3,(H,18,19). The Labute approximate surface area is 126 Å². The van der Waals surface area contributed by atoms with Crippen molar-refractivity contribution in [1.82, 2.24) is 10.6 Å². The summed E-state index contributed by atoms with van der Waals surface area (Å²) >= 11 is 0. The molecule has 1 aliphatic rings. The van der Waals surface area contributed by atoms with Gasteiger partial charge in [-0.15, -0.1) is 0 Å². The first kappa shape index (κ1) is 15.6. The number of methoxy groups -OCH3 is 1. The van der Waals surface area contributed by atoms with E-state index in [-0.39, 0.29) is 18.1 Å². The Morgan fingerprint density at radius 3 is 2.95 bits per heavy atom. The van der Waals surface area contributed by atoms with Crippen molar-refractivity contribution >= 4 is 5.91 Å².